The first-order valence-electron chi connectivity index (χ1n) is 19.9. The molecule has 11 atom stereocenters. The standard InChI is InChI=1S/C42H55F2NO16/c1-11-26(48)58-30-27-19(2)23(57-36(52)29(49)28(34(43)44)45-37(53)61-38(4,5)6)17-42(54,39(27,7)8)33(59-35(51)21-13-12-14-22(15-21)55-10)31-40(9,32(30)50)24(47)16-25-41(31,18-56-25)60-20(3)46/h12-15,23-25,28-31,33-34,47,49,54H,11,16-18H2,1-10H3,(H,45,53)/t23-,24-,25+,28+,29+,30+,31?,33-,40+,41-,42+/m0/s1. The second-order valence-corrected chi connectivity index (χ2v) is 17.7. The van der Waals surface area contributed by atoms with Gasteiger partial charge in [-0.3, -0.25) is 14.4 Å². The highest BCUT2D eigenvalue weighted by Crippen LogP contribution is 2.64. The van der Waals surface area contributed by atoms with Crippen molar-refractivity contribution in [2.45, 2.75) is 147 Å². The highest BCUT2D eigenvalue weighted by Gasteiger charge is 2.78. The summed E-state index contributed by atoms with van der Waals surface area (Å²) in [6.45, 7) is 12.1. The number of aliphatic hydroxyl groups excluding tert-OH is 2. The molecule has 3 aliphatic carbocycles. The molecule has 0 aromatic heterocycles. The summed E-state index contributed by atoms with van der Waals surface area (Å²) in [6.07, 6.45) is -17.3. The van der Waals surface area contributed by atoms with E-state index in [1.54, 1.807) is 11.4 Å². The SMILES string of the molecule is CCC(=O)O[C@H]1C(=O)[C@@]2(C)C([C@H](OC(=O)c3cccc(OC)c3)[C@]3(O)C[C@H](OC(=O)[C@H](O)[C@@H](NC(=O)OC(C)(C)C)C(F)F)C(C)=C1C3(C)C)[C@]1(OC(C)=O)CO[C@@H]1C[C@@H]2O. The number of halogens is 2. The molecule has 2 saturated carbocycles. The Morgan fingerprint density at radius 1 is 1.07 bits per heavy atom. The van der Waals surface area contributed by atoms with Gasteiger partial charge < -0.3 is 53.8 Å². The maximum absolute atomic E-state index is 15.5. The molecule has 5 rings (SSSR count). The molecule has 19 heteroatoms. The fraction of sp³-hybridized carbons (Fsp3) is 0.667. The number of hydrogen-bond acceptors (Lipinski definition) is 16. The number of esters is 4. The van der Waals surface area contributed by atoms with Crippen molar-refractivity contribution in [3.63, 3.8) is 0 Å². The molecule has 1 aromatic rings. The van der Waals surface area contributed by atoms with Crippen molar-refractivity contribution in [3.8, 4) is 5.75 Å². The van der Waals surface area contributed by atoms with Crippen molar-refractivity contribution in [1.82, 2.24) is 5.32 Å². The van der Waals surface area contributed by atoms with Crippen molar-refractivity contribution in [2.24, 2.45) is 16.7 Å². The van der Waals surface area contributed by atoms with Crippen molar-refractivity contribution in [1.29, 1.82) is 0 Å². The first-order valence-corrected chi connectivity index (χ1v) is 19.9. The van der Waals surface area contributed by atoms with Crippen LogP contribution in [0.2, 0.25) is 0 Å². The molecule has 1 heterocycles. The van der Waals surface area contributed by atoms with E-state index in [2.05, 4.69) is 0 Å². The van der Waals surface area contributed by atoms with E-state index in [1.807, 2.05) is 0 Å². The van der Waals surface area contributed by atoms with Gasteiger partial charge in [-0.1, -0.05) is 26.8 Å². The quantitative estimate of drug-likeness (QED) is 0.142. The Balaban J connectivity index is 1.75. The number of carbonyl (C=O) groups is 6. The number of carbonyl (C=O) groups excluding carboxylic acids is 6. The van der Waals surface area contributed by atoms with Gasteiger partial charge in [0.2, 0.25) is 0 Å². The van der Waals surface area contributed by atoms with Gasteiger partial charge in [0, 0.05) is 31.6 Å². The van der Waals surface area contributed by atoms with Crippen LogP contribution in [0, 0.1) is 16.7 Å². The fourth-order valence-corrected chi connectivity index (χ4v) is 9.32. The molecule has 3 fully saturated rings. The number of aliphatic hydroxyl groups is 3. The Bertz CT molecular complexity index is 1960. The zero-order chi connectivity index (χ0) is 45.8. The molecule has 1 saturated heterocycles. The van der Waals surface area contributed by atoms with Gasteiger partial charge in [-0.05, 0) is 64.0 Å². The molecule has 338 valence electrons. The molecule has 4 N–H and O–H groups in total. The normalized spacial score (nSPS) is 32.6. The number of methoxy groups -OCH3 is 1. The summed E-state index contributed by atoms with van der Waals surface area (Å²) in [4.78, 5) is 82.2. The number of rotatable bonds is 11. The number of Topliss-reactive ketones (excluding diaryl/α,β-unsaturated/α-hetero) is 1. The maximum Gasteiger partial charge on any atom is 0.408 e. The molecule has 1 aromatic carbocycles. The number of hydrogen-bond donors (Lipinski definition) is 4. The van der Waals surface area contributed by atoms with Crippen LogP contribution in [0.25, 0.3) is 0 Å². The second kappa shape index (κ2) is 16.9. The summed E-state index contributed by atoms with van der Waals surface area (Å²) in [7, 11) is 1.36. The van der Waals surface area contributed by atoms with Crippen LogP contribution in [-0.4, -0.2) is 131 Å². The van der Waals surface area contributed by atoms with Gasteiger partial charge in [-0.2, -0.15) is 0 Å². The van der Waals surface area contributed by atoms with E-state index < -0.39 is 131 Å². The first-order chi connectivity index (χ1) is 28.2. The Hall–Kier alpha value is -4.72. The van der Waals surface area contributed by atoms with Crippen molar-refractivity contribution in [3.05, 3.63) is 41.0 Å². The third-order valence-electron chi connectivity index (χ3n) is 12.5. The number of nitrogens with one attached hydrogen (secondary N) is 1. The molecule has 1 amide bonds. The van der Waals surface area contributed by atoms with Crippen LogP contribution in [0.4, 0.5) is 13.6 Å². The number of ketones is 1. The molecule has 61 heavy (non-hydrogen) atoms. The Kier molecular flexibility index (Phi) is 13.1. The number of benzene rings is 1. The van der Waals surface area contributed by atoms with E-state index in [0.717, 1.165) is 6.92 Å². The van der Waals surface area contributed by atoms with Crippen molar-refractivity contribution in [2.75, 3.05) is 13.7 Å². The maximum atomic E-state index is 15.5. The summed E-state index contributed by atoms with van der Waals surface area (Å²) >= 11 is 0. The molecule has 17 nitrogen and oxygen atoms in total. The third kappa shape index (κ3) is 8.33. The summed E-state index contributed by atoms with van der Waals surface area (Å²) in [6, 6.07) is 3.21. The van der Waals surface area contributed by atoms with Crippen LogP contribution in [-0.2, 0) is 47.6 Å². The number of alkyl halides is 2. The van der Waals surface area contributed by atoms with E-state index in [4.69, 9.17) is 33.2 Å². The van der Waals surface area contributed by atoms with Crippen LogP contribution in [0.5, 0.6) is 5.75 Å². The minimum Gasteiger partial charge on any atom is -0.497 e. The predicted molar refractivity (Wildman–Crippen MR) is 205 cm³/mol. The minimum absolute atomic E-state index is 0.0176. The van der Waals surface area contributed by atoms with E-state index in [-0.39, 0.29) is 35.3 Å². The number of ether oxygens (including phenoxy) is 7. The zero-order valence-electron chi connectivity index (χ0n) is 35.7. The summed E-state index contributed by atoms with van der Waals surface area (Å²) in [5, 5.41) is 38.4. The molecular formula is C42H55F2NO16. The van der Waals surface area contributed by atoms with Crippen LogP contribution >= 0.6 is 0 Å². The summed E-state index contributed by atoms with van der Waals surface area (Å²) < 4.78 is 68.7. The van der Waals surface area contributed by atoms with Crippen molar-refractivity contribution >= 4 is 35.8 Å². The fourth-order valence-electron chi connectivity index (χ4n) is 9.32. The Morgan fingerprint density at radius 3 is 2.26 bits per heavy atom. The minimum atomic E-state index is -3.53. The molecule has 4 aliphatic rings. The molecule has 1 aliphatic heterocycles. The van der Waals surface area contributed by atoms with Gasteiger partial charge in [0.25, 0.3) is 6.43 Å². The topological polar surface area (TPSA) is 240 Å². The van der Waals surface area contributed by atoms with Crippen molar-refractivity contribution < 1.29 is 86.0 Å². The smallest absolute Gasteiger partial charge is 0.408 e. The van der Waals surface area contributed by atoms with Gasteiger partial charge in [-0.25, -0.2) is 23.2 Å². The Labute approximate surface area is 351 Å². The van der Waals surface area contributed by atoms with Gasteiger partial charge in [0.1, 0.15) is 41.3 Å². The largest absolute Gasteiger partial charge is 0.497 e. The number of amides is 1. The number of fused-ring (bicyclic) bond motifs is 5. The van der Waals surface area contributed by atoms with Crippen LogP contribution < -0.4 is 10.1 Å². The third-order valence-corrected chi connectivity index (χ3v) is 12.5. The lowest BCUT2D eigenvalue weighted by Gasteiger charge is -2.67. The van der Waals surface area contributed by atoms with Crippen LogP contribution in [0.1, 0.15) is 91.9 Å². The second-order valence-electron chi connectivity index (χ2n) is 17.7. The van der Waals surface area contributed by atoms with Crippen LogP contribution in [0.15, 0.2) is 35.4 Å². The monoisotopic (exact) mass is 867 g/mol. The highest BCUT2D eigenvalue weighted by atomic mass is 19.3. The van der Waals surface area contributed by atoms with E-state index >= 15 is 4.79 Å². The van der Waals surface area contributed by atoms with Crippen LogP contribution in [0.3, 0.4) is 0 Å². The van der Waals surface area contributed by atoms with Gasteiger partial charge in [0.15, 0.2) is 23.6 Å². The zero-order valence-corrected chi connectivity index (χ0v) is 35.7. The first kappa shape index (κ1) is 47.3. The lowest BCUT2D eigenvalue weighted by Crippen LogP contribution is -2.82. The Morgan fingerprint density at radius 2 is 1.72 bits per heavy atom. The molecule has 0 spiro atoms. The van der Waals surface area contributed by atoms with Gasteiger partial charge in [0.05, 0.1) is 36.7 Å². The predicted octanol–water partition coefficient (Wildman–Crippen LogP) is 3.12. The number of alkyl carbamates (subject to hydrolysis) is 1. The summed E-state index contributed by atoms with van der Waals surface area (Å²) in [5.41, 5.74) is -9.79. The van der Waals surface area contributed by atoms with E-state index in [0.29, 0.717) is 0 Å². The lowest BCUT2D eigenvalue weighted by molar-refractivity contribution is -0.346. The average Bonchev–Trinajstić information content (AvgIpc) is 3.16. The lowest BCUT2D eigenvalue weighted by atomic mass is 9.44. The molecule has 0 radical (unpaired) electrons. The van der Waals surface area contributed by atoms with E-state index in [9.17, 15) is 48.1 Å². The van der Waals surface area contributed by atoms with E-state index in [1.165, 1.54) is 80.7 Å². The van der Waals surface area contributed by atoms with Gasteiger partial charge >= 0.3 is 30.0 Å². The summed E-state index contributed by atoms with van der Waals surface area (Å²) in [5.74, 6) is -6.91. The highest BCUT2D eigenvalue weighted by molar-refractivity contribution is 5.96. The van der Waals surface area contributed by atoms with Gasteiger partial charge in [-0.15, -0.1) is 0 Å². The average molecular weight is 868 g/mol. The molecule has 1 unspecified atom stereocenters. The molecular weight excluding hydrogens is 812 g/mol. The molecule has 2 bridgehead atoms.